The van der Waals surface area contributed by atoms with Crippen molar-refractivity contribution in [3.8, 4) is 0 Å². The molecule has 19 heavy (non-hydrogen) atoms. The smallest absolute Gasteiger partial charge is 0.219 e. The van der Waals surface area contributed by atoms with Gasteiger partial charge in [-0.05, 0) is 38.2 Å². The number of aryl methyl sites for hydroxylation is 2. The van der Waals surface area contributed by atoms with Crippen LogP contribution in [0.25, 0.3) is 0 Å². The van der Waals surface area contributed by atoms with Gasteiger partial charge in [-0.3, -0.25) is 9.48 Å². The number of amides is 1. The molecule has 0 saturated carbocycles. The molecule has 1 aliphatic rings. The molecule has 1 aromatic heterocycles. The zero-order valence-corrected chi connectivity index (χ0v) is 12.1. The van der Waals surface area contributed by atoms with E-state index in [9.17, 15) is 4.79 Å². The lowest BCUT2D eigenvalue weighted by Crippen LogP contribution is -2.33. The molecule has 0 saturated heterocycles. The Morgan fingerprint density at radius 2 is 2.32 bits per heavy atom. The quantitative estimate of drug-likeness (QED) is 0.781. The van der Waals surface area contributed by atoms with Crippen LogP contribution in [-0.4, -0.2) is 27.1 Å². The lowest BCUT2D eigenvalue weighted by atomic mass is 9.94. The first-order valence-electron chi connectivity index (χ1n) is 6.96. The van der Waals surface area contributed by atoms with Gasteiger partial charge in [-0.2, -0.15) is 5.10 Å². The molecule has 2 rings (SSSR count). The summed E-state index contributed by atoms with van der Waals surface area (Å²) in [6, 6.07) is 2.05. The molecule has 0 radical (unpaired) electrons. The zero-order chi connectivity index (χ0) is 13.8. The largest absolute Gasteiger partial charge is 0.337 e. The highest BCUT2D eigenvalue weighted by Gasteiger charge is 2.18. The van der Waals surface area contributed by atoms with Gasteiger partial charge in [0.25, 0.3) is 0 Å². The Bertz CT molecular complexity index is 456. The van der Waals surface area contributed by atoms with Crippen LogP contribution >= 0.6 is 0 Å². The summed E-state index contributed by atoms with van der Waals surface area (Å²) in [4.78, 5) is 13.7. The van der Waals surface area contributed by atoms with Crippen molar-refractivity contribution in [1.29, 1.82) is 0 Å². The normalized spacial score (nSPS) is 18.6. The first-order chi connectivity index (χ1) is 9.06. The SMILES string of the molecule is CC(=O)N(Cc1cc(C)n(C)n1)CC1CC=CCC1. The van der Waals surface area contributed by atoms with Crippen LogP contribution in [0.3, 0.4) is 0 Å². The third-order valence-electron chi connectivity index (χ3n) is 3.82. The van der Waals surface area contributed by atoms with Crippen molar-refractivity contribution >= 4 is 5.91 Å². The van der Waals surface area contributed by atoms with Gasteiger partial charge in [0, 0.05) is 26.2 Å². The van der Waals surface area contributed by atoms with Crippen molar-refractivity contribution in [2.24, 2.45) is 13.0 Å². The second-order valence-corrected chi connectivity index (χ2v) is 5.45. The fourth-order valence-corrected chi connectivity index (χ4v) is 2.55. The Labute approximate surface area is 115 Å². The molecule has 104 valence electrons. The number of nitrogens with zero attached hydrogens (tertiary/aromatic N) is 3. The van der Waals surface area contributed by atoms with E-state index >= 15 is 0 Å². The van der Waals surface area contributed by atoms with Gasteiger partial charge in [-0.15, -0.1) is 0 Å². The Balaban J connectivity index is 1.99. The van der Waals surface area contributed by atoms with Crippen LogP contribution < -0.4 is 0 Å². The maximum Gasteiger partial charge on any atom is 0.219 e. The molecule has 0 spiro atoms. The Kier molecular flexibility index (Phi) is 4.40. The van der Waals surface area contributed by atoms with Crippen LogP contribution in [0.1, 0.15) is 37.6 Å². The lowest BCUT2D eigenvalue weighted by Gasteiger charge is -2.26. The number of rotatable bonds is 4. The maximum absolute atomic E-state index is 11.8. The van der Waals surface area contributed by atoms with Gasteiger partial charge in [0.2, 0.25) is 5.91 Å². The molecule has 0 aliphatic heterocycles. The van der Waals surface area contributed by atoms with E-state index in [1.54, 1.807) is 6.92 Å². The number of hydrogen-bond acceptors (Lipinski definition) is 2. The molecule has 0 fully saturated rings. The minimum atomic E-state index is 0.137. The molecule has 1 atom stereocenters. The molecule has 1 heterocycles. The van der Waals surface area contributed by atoms with Crippen molar-refractivity contribution in [3.05, 3.63) is 29.6 Å². The third-order valence-corrected chi connectivity index (χ3v) is 3.82. The second-order valence-electron chi connectivity index (χ2n) is 5.45. The number of allylic oxidation sites excluding steroid dienone is 2. The molecular weight excluding hydrogens is 238 g/mol. The molecule has 1 amide bonds. The van der Waals surface area contributed by atoms with Crippen LogP contribution in [0.5, 0.6) is 0 Å². The Morgan fingerprint density at radius 3 is 2.84 bits per heavy atom. The van der Waals surface area contributed by atoms with E-state index in [0.29, 0.717) is 12.5 Å². The van der Waals surface area contributed by atoms with Crippen LogP contribution in [-0.2, 0) is 18.4 Å². The molecule has 0 aromatic carbocycles. The van der Waals surface area contributed by atoms with Crippen molar-refractivity contribution < 1.29 is 4.79 Å². The fourth-order valence-electron chi connectivity index (χ4n) is 2.55. The van der Waals surface area contributed by atoms with Gasteiger partial charge < -0.3 is 4.90 Å². The summed E-state index contributed by atoms with van der Waals surface area (Å²) in [6.45, 7) is 5.14. The van der Waals surface area contributed by atoms with E-state index in [-0.39, 0.29) is 5.91 Å². The molecule has 4 nitrogen and oxygen atoms in total. The molecule has 1 unspecified atom stereocenters. The highest BCUT2D eigenvalue weighted by Crippen LogP contribution is 2.20. The average Bonchev–Trinajstić information content (AvgIpc) is 2.69. The van der Waals surface area contributed by atoms with Crippen LogP contribution in [0.15, 0.2) is 18.2 Å². The summed E-state index contributed by atoms with van der Waals surface area (Å²) in [6.07, 6.45) is 7.87. The number of aromatic nitrogens is 2. The van der Waals surface area contributed by atoms with E-state index in [4.69, 9.17) is 0 Å². The zero-order valence-electron chi connectivity index (χ0n) is 12.1. The molecule has 0 N–H and O–H groups in total. The minimum Gasteiger partial charge on any atom is -0.337 e. The van der Waals surface area contributed by atoms with Crippen LogP contribution in [0.2, 0.25) is 0 Å². The van der Waals surface area contributed by atoms with Gasteiger partial charge in [0.1, 0.15) is 0 Å². The van der Waals surface area contributed by atoms with Gasteiger partial charge in [-0.1, -0.05) is 12.2 Å². The monoisotopic (exact) mass is 261 g/mol. The van der Waals surface area contributed by atoms with Crippen LogP contribution in [0.4, 0.5) is 0 Å². The molecule has 4 heteroatoms. The molecule has 1 aliphatic carbocycles. The lowest BCUT2D eigenvalue weighted by molar-refractivity contribution is -0.130. The molecule has 0 bridgehead atoms. The minimum absolute atomic E-state index is 0.137. The van der Waals surface area contributed by atoms with Crippen molar-refractivity contribution in [2.75, 3.05) is 6.54 Å². The summed E-state index contributed by atoms with van der Waals surface area (Å²) in [5.74, 6) is 0.733. The summed E-state index contributed by atoms with van der Waals surface area (Å²) >= 11 is 0. The Morgan fingerprint density at radius 1 is 1.53 bits per heavy atom. The van der Waals surface area contributed by atoms with E-state index < -0.39 is 0 Å². The van der Waals surface area contributed by atoms with Crippen molar-refractivity contribution in [1.82, 2.24) is 14.7 Å². The van der Waals surface area contributed by atoms with E-state index in [1.165, 1.54) is 6.42 Å². The second kappa shape index (κ2) is 6.04. The third kappa shape index (κ3) is 3.69. The number of carbonyl (C=O) groups is 1. The summed E-state index contributed by atoms with van der Waals surface area (Å²) in [5.41, 5.74) is 2.10. The Hall–Kier alpha value is -1.58. The van der Waals surface area contributed by atoms with Crippen molar-refractivity contribution in [3.63, 3.8) is 0 Å². The number of hydrogen-bond donors (Lipinski definition) is 0. The predicted octanol–water partition coefficient (Wildman–Crippen LogP) is 2.43. The van der Waals surface area contributed by atoms with Gasteiger partial charge >= 0.3 is 0 Å². The fraction of sp³-hybridized carbons (Fsp3) is 0.600. The van der Waals surface area contributed by atoms with E-state index in [1.807, 2.05) is 23.6 Å². The molecule has 1 aromatic rings. The molecular formula is C15H23N3O. The summed E-state index contributed by atoms with van der Waals surface area (Å²) < 4.78 is 1.86. The average molecular weight is 261 g/mol. The van der Waals surface area contributed by atoms with Crippen molar-refractivity contribution in [2.45, 2.75) is 39.7 Å². The number of carbonyl (C=O) groups excluding carboxylic acids is 1. The van der Waals surface area contributed by atoms with Crippen LogP contribution in [0, 0.1) is 12.8 Å². The summed E-state index contributed by atoms with van der Waals surface area (Å²) in [7, 11) is 1.93. The van der Waals surface area contributed by atoms with Gasteiger partial charge in [0.05, 0.1) is 12.2 Å². The van der Waals surface area contributed by atoms with Gasteiger partial charge in [0.15, 0.2) is 0 Å². The predicted molar refractivity (Wildman–Crippen MR) is 75.5 cm³/mol. The summed E-state index contributed by atoms with van der Waals surface area (Å²) in [5, 5.41) is 4.43. The van der Waals surface area contributed by atoms with E-state index in [2.05, 4.69) is 23.3 Å². The van der Waals surface area contributed by atoms with E-state index in [0.717, 1.165) is 30.8 Å². The topological polar surface area (TPSA) is 38.1 Å². The van der Waals surface area contributed by atoms with Gasteiger partial charge in [-0.25, -0.2) is 0 Å². The standard InChI is InChI=1S/C15H23N3O/c1-12-9-15(16-17(12)3)11-18(13(2)19)10-14-7-5-4-6-8-14/h4-5,9,14H,6-8,10-11H2,1-3H3. The maximum atomic E-state index is 11.8. The first kappa shape index (κ1) is 13.8. The highest BCUT2D eigenvalue weighted by atomic mass is 16.2. The first-order valence-corrected chi connectivity index (χ1v) is 6.96. The highest BCUT2D eigenvalue weighted by molar-refractivity contribution is 5.73.